The molecule has 5 rings (SSSR count). The first-order valence-electron chi connectivity index (χ1n) is 10.3. The fourth-order valence-electron chi connectivity index (χ4n) is 3.62. The standard InChI is InChI=1S/C24H21N3O2S3/c1-30-18-9-5-6-16(12-18)25-20(28)14-32-24-26-22-21(19(13-31-22)15-10-11-15)23(29)27(24)17-7-3-2-4-8-17/h2-9,12-13,15H,10-11,14H2,1H3,(H,25,28). The van der Waals surface area contributed by atoms with E-state index in [2.05, 4.69) is 10.7 Å². The lowest BCUT2D eigenvalue weighted by atomic mass is 10.1. The summed E-state index contributed by atoms with van der Waals surface area (Å²) in [6, 6.07) is 17.3. The van der Waals surface area contributed by atoms with Crippen LogP contribution in [-0.2, 0) is 4.79 Å². The predicted octanol–water partition coefficient (Wildman–Crippen LogP) is 5.78. The van der Waals surface area contributed by atoms with Crippen LogP contribution in [0.3, 0.4) is 0 Å². The Morgan fingerprint density at radius 1 is 1.19 bits per heavy atom. The third-order valence-electron chi connectivity index (χ3n) is 5.32. The van der Waals surface area contributed by atoms with Gasteiger partial charge in [-0.15, -0.1) is 23.1 Å². The largest absolute Gasteiger partial charge is 0.325 e. The highest BCUT2D eigenvalue weighted by Gasteiger charge is 2.29. The second-order valence-electron chi connectivity index (χ2n) is 7.58. The lowest BCUT2D eigenvalue weighted by molar-refractivity contribution is -0.113. The first-order valence-corrected chi connectivity index (χ1v) is 13.4. The van der Waals surface area contributed by atoms with Crippen molar-refractivity contribution < 1.29 is 4.79 Å². The smallest absolute Gasteiger partial charge is 0.267 e. The van der Waals surface area contributed by atoms with Gasteiger partial charge in [0.05, 0.1) is 16.8 Å². The van der Waals surface area contributed by atoms with Gasteiger partial charge in [-0.1, -0.05) is 36.0 Å². The second-order valence-corrected chi connectivity index (χ2v) is 10.3. The van der Waals surface area contributed by atoms with Crippen LogP contribution in [0, 0.1) is 0 Å². The first-order chi connectivity index (χ1) is 15.6. The molecule has 4 aromatic rings. The number of aromatic nitrogens is 2. The lowest BCUT2D eigenvalue weighted by Crippen LogP contribution is -2.23. The number of para-hydroxylation sites is 1. The van der Waals surface area contributed by atoms with Crippen molar-refractivity contribution in [2.45, 2.75) is 28.8 Å². The van der Waals surface area contributed by atoms with Crippen LogP contribution in [0.2, 0.25) is 0 Å². The summed E-state index contributed by atoms with van der Waals surface area (Å²) in [5, 5.41) is 6.27. The Morgan fingerprint density at radius 3 is 2.75 bits per heavy atom. The minimum absolute atomic E-state index is 0.0556. The molecule has 1 saturated carbocycles. The number of hydrogen-bond acceptors (Lipinski definition) is 6. The van der Waals surface area contributed by atoms with Crippen molar-refractivity contribution in [1.29, 1.82) is 0 Å². The van der Waals surface area contributed by atoms with Crippen molar-refractivity contribution in [1.82, 2.24) is 9.55 Å². The molecule has 0 unspecified atom stereocenters. The fraction of sp³-hybridized carbons (Fsp3) is 0.208. The van der Waals surface area contributed by atoms with E-state index in [0.29, 0.717) is 11.1 Å². The fourth-order valence-corrected chi connectivity index (χ4v) is 5.95. The molecule has 0 bridgehead atoms. The van der Waals surface area contributed by atoms with Gasteiger partial charge in [-0.05, 0) is 66.3 Å². The topological polar surface area (TPSA) is 64.0 Å². The van der Waals surface area contributed by atoms with Gasteiger partial charge in [0.15, 0.2) is 5.16 Å². The van der Waals surface area contributed by atoms with Crippen LogP contribution < -0.4 is 10.9 Å². The number of benzene rings is 2. The van der Waals surface area contributed by atoms with E-state index in [-0.39, 0.29) is 17.2 Å². The Morgan fingerprint density at radius 2 is 2.00 bits per heavy atom. The molecule has 1 N–H and O–H groups in total. The van der Waals surface area contributed by atoms with Crippen LogP contribution >= 0.6 is 34.9 Å². The minimum Gasteiger partial charge on any atom is -0.325 e. The maximum Gasteiger partial charge on any atom is 0.267 e. The molecule has 162 valence electrons. The number of amides is 1. The molecular weight excluding hydrogens is 458 g/mol. The average molecular weight is 480 g/mol. The van der Waals surface area contributed by atoms with Crippen LogP contribution in [0.5, 0.6) is 0 Å². The minimum atomic E-state index is -0.132. The van der Waals surface area contributed by atoms with Gasteiger partial charge >= 0.3 is 0 Å². The summed E-state index contributed by atoms with van der Waals surface area (Å²) in [5.74, 6) is 0.505. The monoisotopic (exact) mass is 479 g/mol. The van der Waals surface area contributed by atoms with Gasteiger partial charge in [-0.3, -0.25) is 14.2 Å². The van der Waals surface area contributed by atoms with E-state index in [1.54, 1.807) is 16.3 Å². The number of fused-ring (bicyclic) bond motifs is 1. The highest BCUT2D eigenvalue weighted by Crippen LogP contribution is 2.44. The third-order valence-corrected chi connectivity index (χ3v) is 7.88. The van der Waals surface area contributed by atoms with Gasteiger partial charge in [-0.25, -0.2) is 4.98 Å². The molecule has 32 heavy (non-hydrogen) atoms. The SMILES string of the molecule is CSc1cccc(NC(=O)CSc2nc3scc(C4CC4)c3c(=O)n2-c2ccccc2)c1. The zero-order valence-corrected chi connectivity index (χ0v) is 19.9. The molecule has 1 aliphatic carbocycles. The number of anilines is 1. The number of nitrogens with one attached hydrogen (secondary N) is 1. The van der Waals surface area contributed by atoms with Gasteiger partial charge in [0.2, 0.25) is 5.91 Å². The van der Waals surface area contributed by atoms with E-state index < -0.39 is 0 Å². The second kappa shape index (κ2) is 9.13. The molecule has 8 heteroatoms. The normalized spacial score (nSPS) is 13.4. The van der Waals surface area contributed by atoms with Crippen LogP contribution in [-0.4, -0.2) is 27.5 Å². The van der Waals surface area contributed by atoms with E-state index >= 15 is 0 Å². The summed E-state index contributed by atoms with van der Waals surface area (Å²) in [6.45, 7) is 0. The van der Waals surface area contributed by atoms with Crippen LogP contribution in [0.15, 0.2) is 74.8 Å². The Labute approximate surface area is 198 Å². The summed E-state index contributed by atoms with van der Waals surface area (Å²) in [7, 11) is 0. The molecule has 1 amide bonds. The number of carbonyl (C=O) groups excluding carboxylic acids is 1. The summed E-state index contributed by atoms with van der Waals surface area (Å²) >= 11 is 4.43. The summed E-state index contributed by atoms with van der Waals surface area (Å²) < 4.78 is 1.65. The number of rotatable bonds is 7. The molecule has 0 saturated heterocycles. The van der Waals surface area contributed by atoms with Crippen molar-refractivity contribution in [2.24, 2.45) is 0 Å². The number of thiophene rings is 1. The maximum absolute atomic E-state index is 13.6. The predicted molar refractivity (Wildman–Crippen MR) is 135 cm³/mol. The van der Waals surface area contributed by atoms with Gasteiger partial charge in [0, 0.05) is 10.6 Å². The summed E-state index contributed by atoms with van der Waals surface area (Å²) in [5.41, 5.74) is 2.59. The summed E-state index contributed by atoms with van der Waals surface area (Å²) in [4.78, 5) is 32.9. The molecule has 0 aliphatic heterocycles. The first kappa shape index (κ1) is 21.3. The van der Waals surface area contributed by atoms with Crippen LogP contribution in [0.25, 0.3) is 15.9 Å². The van der Waals surface area contributed by atoms with E-state index in [1.807, 2.05) is 60.9 Å². The molecule has 1 fully saturated rings. The molecule has 2 aromatic carbocycles. The highest BCUT2D eigenvalue weighted by molar-refractivity contribution is 7.99. The third kappa shape index (κ3) is 4.35. The molecule has 2 aromatic heterocycles. The van der Waals surface area contributed by atoms with Crippen molar-refractivity contribution in [3.8, 4) is 5.69 Å². The number of nitrogens with zero attached hydrogens (tertiary/aromatic N) is 2. The lowest BCUT2D eigenvalue weighted by Gasteiger charge is -2.13. The zero-order chi connectivity index (χ0) is 22.1. The maximum atomic E-state index is 13.6. The molecular formula is C24H21N3O2S3. The van der Waals surface area contributed by atoms with Gasteiger partial charge in [-0.2, -0.15) is 0 Å². The van der Waals surface area contributed by atoms with Gasteiger partial charge in [0.1, 0.15) is 4.83 Å². The van der Waals surface area contributed by atoms with Crippen molar-refractivity contribution in [2.75, 3.05) is 17.3 Å². The quantitative estimate of drug-likeness (QED) is 0.269. The Hall–Kier alpha value is -2.55. The van der Waals surface area contributed by atoms with E-state index in [9.17, 15) is 9.59 Å². The highest BCUT2D eigenvalue weighted by atomic mass is 32.2. The summed E-state index contributed by atoms with van der Waals surface area (Å²) in [6.07, 6.45) is 4.26. The molecule has 2 heterocycles. The van der Waals surface area contributed by atoms with Gasteiger partial charge < -0.3 is 5.32 Å². The molecule has 5 nitrogen and oxygen atoms in total. The average Bonchev–Trinajstić information content (AvgIpc) is 3.57. The zero-order valence-electron chi connectivity index (χ0n) is 17.4. The number of carbonyl (C=O) groups is 1. The molecule has 0 atom stereocenters. The van der Waals surface area contributed by atoms with E-state index in [0.717, 1.165) is 44.9 Å². The van der Waals surface area contributed by atoms with Crippen molar-refractivity contribution >= 4 is 56.7 Å². The van der Waals surface area contributed by atoms with E-state index in [4.69, 9.17) is 4.98 Å². The molecule has 0 radical (unpaired) electrons. The Bertz CT molecular complexity index is 1340. The van der Waals surface area contributed by atoms with Gasteiger partial charge in [0.25, 0.3) is 5.56 Å². The Balaban J connectivity index is 1.46. The number of thioether (sulfide) groups is 2. The number of hydrogen-bond donors (Lipinski definition) is 1. The van der Waals surface area contributed by atoms with Crippen LogP contribution in [0.4, 0.5) is 5.69 Å². The Kier molecular flexibility index (Phi) is 6.08. The van der Waals surface area contributed by atoms with Crippen molar-refractivity contribution in [3.63, 3.8) is 0 Å². The molecule has 0 spiro atoms. The molecule has 1 aliphatic rings. The van der Waals surface area contributed by atoms with Crippen LogP contribution in [0.1, 0.15) is 24.3 Å². The van der Waals surface area contributed by atoms with E-state index in [1.165, 1.54) is 23.1 Å². The van der Waals surface area contributed by atoms with Crippen molar-refractivity contribution in [3.05, 3.63) is 75.9 Å².